The van der Waals surface area contributed by atoms with Gasteiger partial charge in [-0.15, -0.1) is 0 Å². The first-order valence-electron chi connectivity index (χ1n) is 9.87. The van der Waals surface area contributed by atoms with Crippen molar-refractivity contribution in [3.05, 3.63) is 78.3 Å². The van der Waals surface area contributed by atoms with Crippen LogP contribution in [0.2, 0.25) is 0 Å². The van der Waals surface area contributed by atoms with Gasteiger partial charge in [0.1, 0.15) is 11.9 Å². The van der Waals surface area contributed by atoms with E-state index in [9.17, 15) is 5.26 Å². The Balaban J connectivity index is 1.99. The highest BCUT2D eigenvalue weighted by molar-refractivity contribution is 5.71. The Morgan fingerprint density at radius 1 is 1.21 bits per heavy atom. The Morgan fingerprint density at radius 3 is 2.75 bits per heavy atom. The van der Waals surface area contributed by atoms with E-state index in [1.807, 2.05) is 29.1 Å². The second kappa shape index (κ2) is 8.71. The fraction of sp³-hybridized carbons (Fsp3) is 0.280. The fourth-order valence-corrected chi connectivity index (χ4v) is 3.47. The second-order valence-corrected chi connectivity index (χ2v) is 7.66. The van der Waals surface area contributed by atoms with Crippen molar-refractivity contribution >= 4 is 5.57 Å². The first-order valence-corrected chi connectivity index (χ1v) is 9.87. The van der Waals surface area contributed by atoms with Gasteiger partial charge in [-0.25, -0.2) is 4.98 Å². The van der Waals surface area contributed by atoms with Crippen LogP contribution >= 0.6 is 0 Å². The molecule has 0 aliphatic heterocycles. The summed E-state index contributed by atoms with van der Waals surface area (Å²) in [6.45, 7) is 10.8. The lowest BCUT2D eigenvalue weighted by Gasteiger charge is -2.08. The van der Waals surface area contributed by atoms with Gasteiger partial charge in [0, 0.05) is 24.2 Å². The van der Waals surface area contributed by atoms with E-state index in [1.165, 1.54) is 5.56 Å². The first-order chi connectivity index (χ1) is 13.5. The number of pyridine rings is 1. The van der Waals surface area contributed by atoms with Crippen LogP contribution in [0.15, 0.2) is 61.6 Å². The maximum atomic E-state index is 9.67. The summed E-state index contributed by atoms with van der Waals surface area (Å²) in [4.78, 5) is 4.50. The molecule has 3 rings (SSSR count). The third kappa shape index (κ3) is 4.40. The van der Waals surface area contributed by atoms with E-state index in [0.29, 0.717) is 11.5 Å². The number of rotatable bonds is 7. The molecular weight excluding hydrogens is 342 g/mol. The number of nitriles is 1. The van der Waals surface area contributed by atoms with Gasteiger partial charge in [-0.1, -0.05) is 58.0 Å². The molecule has 3 aromatic rings. The zero-order valence-corrected chi connectivity index (χ0v) is 16.9. The third-order valence-corrected chi connectivity index (χ3v) is 4.80. The second-order valence-electron chi connectivity index (χ2n) is 7.66. The summed E-state index contributed by atoms with van der Waals surface area (Å²) in [5.41, 5.74) is 6.16. The smallest absolute Gasteiger partial charge is 0.137 e. The lowest BCUT2D eigenvalue weighted by atomic mass is 9.98. The van der Waals surface area contributed by atoms with Gasteiger partial charge in [-0.05, 0) is 53.2 Å². The zero-order chi connectivity index (χ0) is 20.1. The maximum Gasteiger partial charge on any atom is 0.137 e. The van der Waals surface area contributed by atoms with Gasteiger partial charge >= 0.3 is 0 Å². The summed E-state index contributed by atoms with van der Waals surface area (Å²) >= 11 is 0. The Bertz CT molecular complexity index is 1020. The van der Waals surface area contributed by atoms with Crippen LogP contribution in [0.3, 0.4) is 0 Å². The summed E-state index contributed by atoms with van der Waals surface area (Å²) < 4.78 is 1.94. The molecule has 0 radical (unpaired) electrons. The molecule has 0 unspecified atom stereocenters. The van der Waals surface area contributed by atoms with Crippen LogP contribution in [0.25, 0.3) is 22.5 Å². The van der Waals surface area contributed by atoms with Crippen LogP contribution in [-0.4, -0.2) is 9.55 Å². The molecule has 0 amide bonds. The highest BCUT2D eigenvalue weighted by Gasteiger charge is 2.12. The van der Waals surface area contributed by atoms with Crippen molar-refractivity contribution in [2.24, 2.45) is 5.92 Å². The minimum absolute atomic E-state index is 0.596. The first kappa shape index (κ1) is 19.6. The Labute approximate surface area is 168 Å². The van der Waals surface area contributed by atoms with Crippen LogP contribution in [0.1, 0.15) is 50.3 Å². The van der Waals surface area contributed by atoms with E-state index >= 15 is 0 Å². The fourth-order valence-electron chi connectivity index (χ4n) is 3.47. The predicted octanol–water partition coefficient (Wildman–Crippen LogP) is 6.42. The van der Waals surface area contributed by atoms with E-state index in [1.54, 1.807) is 6.20 Å². The molecule has 0 bridgehead atoms. The predicted molar refractivity (Wildman–Crippen MR) is 116 cm³/mol. The highest BCUT2D eigenvalue weighted by atomic mass is 15.0. The number of benzene rings is 1. The van der Waals surface area contributed by atoms with Crippen molar-refractivity contribution in [2.45, 2.75) is 40.0 Å². The quantitative estimate of drug-likeness (QED) is 0.482. The summed E-state index contributed by atoms with van der Waals surface area (Å²) in [5, 5.41) is 9.67. The molecule has 0 saturated carbocycles. The normalized spacial score (nSPS) is 10.8. The van der Waals surface area contributed by atoms with Gasteiger partial charge in [0.15, 0.2) is 0 Å². The monoisotopic (exact) mass is 369 g/mol. The number of nitrogens with zero attached hydrogens (tertiary/aromatic N) is 3. The summed E-state index contributed by atoms with van der Waals surface area (Å²) in [6, 6.07) is 14.8. The van der Waals surface area contributed by atoms with Gasteiger partial charge in [0.05, 0.1) is 5.56 Å². The van der Waals surface area contributed by atoms with E-state index in [0.717, 1.165) is 47.3 Å². The van der Waals surface area contributed by atoms with Gasteiger partial charge in [0.25, 0.3) is 0 Å². The highest BCUT2D eigenvalue weighted by Crippen LogP contribution is 2.28. The van der Waals surface area contributed by atoms with Gasteiger partial charge in [-0.3, -0.25) is 0 Å². The molecule has 28 heavy (non-hydrogen) atoms. The minimum Gasteiger partial charge on any atom is -0.307 e. The van der Waals surface area contributed by atoms with Gasteiger partial charge in [-0.2, -0.15) is 5.26 Å². The molecule has 1 aromatic carbocycles. The standard InChI is InChI=1S/C25H27N3/c1-5-7-19(4)21-10-11-27-25(14-21)28-16-23(15-26)24(17-28)22-9-6-8-20(13-22)12-18(2)3/h6,8-11,13-14,16-18H,4-5,7,12H2,1-3H3. The Morgan fingerprint density at radius 2 is 2.04 bits per heavy atom. The summed E-state index contributed by atoms with van der Waals surface area (Å²) in [6.07, 6.45) is 8.73. The van der Waals surface area contributed by atoms with Crippen LogP contribution in [0.4, 0.5) is 0 Å². The molecule has 142 valence electrons. The topological polar surface area (TPSA) is 41.6 Å². The lowest BCUT2D eigenvalue weighted by molar-refractivity contribution is 0.647. The molecule has 0 aliphatic rings. The van der Waals surface area contributed by atoms with Crippen molar-refractivity contribution in [3.8, 4) is 23.0 Å². The van der Waals surface area contributed by atoms with E-state index in [4.69, 9.17) is 0 Å². The van der Waals surface area contributed by atoms with E-state index in [2.05, 4.69) is 62.7 Å². The lowest BCUT2D eigenvalue weighted by Crippen LogP contribution is -1.96. The molecule has 2 heterocycles. The molecule has 0 saturated heterocycles. The van der Waals surface area contributed by atoms with Gasteiger partial charge in [0.2, 0.25) is 0 Å². The maximum absolute atomic E-state index is 9.67. The Kier molecular flexibility index (Phi) is 6.11. The molecule has 0 aliphatic carbocycles. The molecule has 3 heteroatoms. The minimum atomic E-state index is 0.596. The van der Waals surface area contributed by atoms with E-state index < -0.39 is 0 Å². The third-order valence-electron chi connectivity index (χ3n) is 4.80. The van der Waals surface area contributed by atoms with Crippen molar-refractivity contribution in [1.29, 1.82) is 5.26 Å². The van der Waals surface area contributed by atoms with Gasteiger partial charge < -0.3 is 4.57 Å². The zero-order valence-electron chi connectivity index (χ0n) is 16.9. The average Bonchev–Trinajstić information content (AvgIpc) is 3.12. The molecule has 0 N–H and O–H groups in total. The number of allylic oxidation sites excluding steroid dienone is 1. The largest absolute Gasteiger partial charge is 0.307 e. The molecule has 2 aromatic heterocycles. The summed E-state index contributed by atoms with van der Waals surface area (Å²) in [7, 11) is 0. The summed E-state index contributed by atoms with van der Waals surface area (Å²) in [5.74, 6) is 1.40. The number of hydrogen-bond donors (Lipinski definition) is 0. The van der Waals surface area contributed by atoms with Crippen molar-refractivity contribution < 1.29 is 0 Å². The molecule has 3 nitrogen and oxygen atoms in total. The van der Waals surface area contributed by atoms with Crippen LogP contribution < -0.4 is 0 Å². The van der Waals surface area contributed by atoms with Crippen LogP contribution in [0.5, 0.6) is 0 Å². The molecule has 0 spiro atoms. The van der Waals surface area contributed by atoms with E-state index in [-0.39, 0.29) is 0 Å². The average molecular weight is 370 g/mol. The molecular formula is C25H27N3. The van der Waals surface area contributed by atoms with Crippen LogP contribution in [-0.2, 0) is 6.42 Å². The van der Waals surface area contributed by atoms with Crippen molar-refractivity contribution in [2.75, 3.05) is 0 Å². The Hall–Kier alpha value is -3.12. The van der Waals surface area contributed by atoms with Crippen molar-refractivity contribution in [1.82, 2.24) is 9.55 Å². The number of aromatic nitrogens is 2. The van der Waals surface area contributed by atoms with Crippen LogP contribution in [0, 0.1) is 17.2 Å². The SMILES string of the molecule is C=C(CCC)c1ccnc(-n2cc(C#N)c(-c3cccc(CC(C)C)c3)c2)c1. The molecule has 0 fully saturated rings. The number of hydrogen-bond acceptors (Lipinski definition) is 2. The molecule has 0 atom stereocenters. The van der Waals surface area contributed by atoms with Crippen molar-refractivity contribution in [3.63, 3.8) is 0 Å².